The van der Waals surface area contributed by atoms with Crippen LogP contribution in [0.3, 0.4) is 0 Å². The van der Waals surface area contributed by atoms with Crippen LogP contribution in [0.15, 0.2) is 30.3 Å². The van der Waals surface area contributed by atoms with E-state index >= 15 is 0 Å². The summed E-state index contributed by atoms with van der Waals surface area (Å²) in [4.78, 5) is 38.5. The maximum absolute atomic E-state index is 13.0. The molecule has 0 atom stereocenters. The zero-order valence-electron chi connectivity index (χ0n) is 16.2. The van der Waals surface area contributed by atoms with Crippen molar-refractivity contribution in [3.63, 3.8) is 0 Å². The zero-order chi connectivity index (χ0) is 21.0. The zero-order valence-corrected chi connectivity index (χ0v) is 16.2. The van der Waals surface area contributed by atoms with Crippen LogP contribution >= 0.6 is 0 Å². The molecular formula is C21H22N2O6. The number of hydrogen-bond donors (Lipinski definition) is 2. The first kappa shape index (κ1) is 20.5. The molecule has 0 radical (unpaired) electrons. The van der Waals surface area contributed by atoms with Crippen LogP contribution in [0.2, 0.25) is 0 Å². The highest BCUT2D eigenvalue weighted by Gasteiger charge is 2.35. The monoisotopic (exact) mass is 398 g/mol. The Morgan fingerprint density at radius 1 is 1.00 bits per heavy atom. The third-order valence-corrected chi connectivity index (χ3v) is 4.62. The normalized spacial score (nSPS) is 12.3. The summed E-state index contributed by atoms with van der Waals surface area (Å²) >= 11 is 0. The molecule has 0 saturated heterocycles. The SMILES string of the molecule is CNc1cc(C(=O)OCCOCCOC)c(N)c2c1C(=O)c1ccccc1C2=O. The summed E-state index contributed by atoms with van der Waals surface area (Å²) in [6.45, 7) is 1.04. The molecule has 0 aromatic heterocycles. The molecule has 0 spiro atoms. The second-order valence-electron chi connectivity index (χ2n) is 6.33. The highest BCUT2D eigenvalue weighted by molar-refractivity contribution is 6.32. The van der Waals surface area contributed by atoms with Gasteiger partial charge in [-0.15, -0.1) is 0 Å². The molecule has 0 bridgehead atoms. The van der Waals surface area contributed by atoms with E-state index in [1.165, 1.54) is 6.07 Å². The van der Waals surface area contributed by atoms with Crippen LogP contribution in [-0.4, -0.2) is 58.1 Å². The standard InChI is InChI=1S/C21H22N2O6/c1-23-15-11-14(21(26)29-10-9-28-8-7-27-2)18(22)17-16(15)19(24)12-5-3-4-6-13(12)20(17)25/h3-6,11,23H,7-10,22H2,1-2H3. The van der Waals surface area contributed by atoms with Crippen molar-refractivity contribution >= 4 is 28.9 Å². The number of ketones is 2. The van der Waals surface area contributed by atoms with E-state index in [9.17, 15) is 14.4 Å². The van der Waals surface area contributed by atoms with Gasteiger partial charge in [0.25, 0.3) is 0 Å². The molecule has 8 heteroatoms. The van der Waals surface area contributed by atoms with E-state index in [0.29, 0.717) is 24.5 Å². The van der Waals surface area contributed by atoms with Gasteiger partial charge in [-0.25, -0.2) is 4.79 Å². The highest BCUT2D eigenvalue weighted by atomic mass is 16.6. The lowest BCUT2D eigenvalue weighted by Crippen LogP contribution is -2.25. The fraction of sp³-hybridized carbons (Fsp3) is 0.286. The Labute approximate surface area is 167 Å². The van der Waals surface area contributed by atoms with Gasteiger partial charge in [-0.3, -0.25) is 9.59 Å². The highest BCUT2D eigenvalue weighted by Crippen LogP contribution is 2.37. The number of rotatable bonds is 8. The first-order valence-corrected chi connectivity index (χ1v) is 9.07. The number of nitrogen functional groups attached to an aromatic ring is 1. The van der Waals surface area contributed by atoms with Gasteiger partial charge in [0.1, 0.15) is 6.61 Å². The van der Waals surface area contributed by atoms with Crippen LogP contribution < -0.4 is 11.1 Å². The average molecular weight is 398 g/mol. The Balaban J connectivity index is 1.91. The molecule has 0 fully saturated rings. The van der Waals surface area contributed by atoms with Gasteiger partial charge in [0.05, 0.1) is 42.2 Å². The van der Waals surface area contributed by atoms with Crippen LogP contribution in [0.5, 0.6) is 0 Å². The van der Waals surface area contributed by atoms with E-state index in [2.05, 4.69) is 5.32 Å². The van der Waals surface area contributed by atoms with Gasteiger partial charge in [0, 0.05) is 31.0 Å². The van der Waals surface area contributed by atoms with E-state index in [1.54, 1.807) is 38.4 Å². The van der Waals surface area contributed by atoms with Gasteiger partial charge in [-0.05, 0) is 6.07 Å². The lowest BCUT2D eigenvalue weighted by atomic mass is 9.81. The molecule has 0 amide bonds. The summed E-state index contributed by atoms with van der Waals surface area (Å²) < 4.78 is 15.3. The second-order valence-corrected chi connectivity index (χ2v) is 6.33. The van der Waals surface area contributed by atoms with Gasteiger partial charge in [0.2, 0.25) is 0 Å². The van der Waals surface area contributed by atoms with Gasteiger partial charge in [-0.1, -0.05) is 24.3 Å². The molecule has 0 unspecified atom stereocenters. The Bertz CT molecular complexity index is 970. The summed E-state index contributed by atoms with van der Waals surface area (Å²) in [6, 6.07) is 7.96. The fourth-order valence-electron chi connectivity index (χ4n) is 3.20. The van der Waals surface area contributed by atoms with Crippen molar-refractivity contribution in [3.05, 3.63) is 58.1 Å². The Hall–Kier alpha value is -3.23. The van der Waals surface area contributed by atoms with Crippen LogP contribution in [0, 0.1) is 0 Å². The Morgan fingerprint density at radius 2 is 1.62 bits per heavy atom. The summed E-state index contributed by atoms with van der Waals surface area (Å²) in [5.74, 6) is -1.42. The number of carbonyl (C=O) groups excluding carboxylic acids is 3. The van der Waals surface area contributed by atoms with Crippen molar-refractivity contribution in [2.75, 3.05) is 51.6 Å². The van der Waals surface area contributed by atoms with Crippen LogP contribution in [0.1, 0.15) is 42.2 Å². The maximum Gasteiger partial charge on any atom is 0.340 e. The molecule has 0 aliphatic heterocycles. The summed E-state index contributed by atoms with van der Waals surface area (Å²) in [7, 11) is 3.16. The number of methoxy groups -OCH3 is 1. The molecule has 2 aromatic carbocycles. The third kappa shape index (κ3) is 3.85. The van der Waals surface area contributed by atoms with E-state index in [1.807, 2.05) is 0 Å². The van der Waals surface area contributed by atoms with Crippen LogP contribution in [0.25, 0.3) is 0 Å². The number of nitrogens with one attached hydrogen (secondary N) is 1. The number of hydrogen-bond acceptors (Lipinski definition) is 8. The maximum atomic E-state index is 13.0. The molecular weight excluding hydrogens is 376 g/mol. The summed E-state index contributed by atoms with van der Waals surface area (Å²) in [6.07, 6.45) is 0. The first-order valence-electron chi connectivity index (χ1n) is 9.07. The molecule has 0 heterocycles. The predicted octanol–water partition coefficient (Wildman–Crippen LogP) is 1.91. The third-order valence-electron chi connectivity index (χ3n) is 4.62. The number of ether oxygens (including phenoxy) is 3. The topological polar surface area (TPSA) is 117 Å². The number of carbonyl (C=O) groups is 3. The molecule has 1 aliphatic rings. The first-order chi connectivity index (χ1) is 14.0. The number of esters is 1. The van der Waals surface area contributed by atoms with Crippen molar-refractivity contribution < 1.29 is 28.6 Å². The van der Waals surface area contributed by atoms with Crippen LogP contribution in [-0.2, 0) is 14.2 Å². The largest absolute Gasteiger partial charge is 0.460 e. The lowest BCUT2D eigenvalue weighted by molar-refractivity contribution is 0.0214. The lowest BCUT2D eigenvalue weighted by Gasteiger charge is -2.23. The minimum absolute atomic E-state index is 0.0174. The number of fused-ring (bicyclic) bond motifs is 2. The predicted molar refractivity (Wildman–Crippen MR) is 107 cm³/mol. The van der Waals surface area contributed by atoms with E-state index < -0.39 is 11.8 Å². The van der Waals surface area contributed by atoms with Gasteiger partial charge in [-0.2, -0.15) is 0 Å². The molecule has 152 valence electrons. The summed E-state index contributed by atoms with van der Waals surface area (Å²) in [5.41, 5.74) is 7.19. The fourth-order valence-corrected chi connectivity index (χ4v) is 3.20. The smallest absolute Gasteiger partial charge is 0.340 e. The van der Waals surface area contributed by atoms with Crippen molar-refractivity contribution in [1.82, 2.24) is 0 Å². The Morgan fingerprint density at radius 3 is 2.24 bits per heavy atom. The molecule has 0 saturated carbocycles. The molecule has 1 aliphatic carbocycles. The van der Waals surface area contributed by atoms with Crippen molar-refractivity contribution in [3.8, 4) is 0 Å². The molecule has 8 nitrogen and oxygen atoms in total. The minimum Gasteiger partial charge on any atom is -0.460 e. The molecule has 3 rings (SSSR count). The second kappa shape index (κ2) is 8.85. The number of benzene rings is 2. The molecule has 2 aromatic rings. The number of nitrogens with two attached hydrogens (primary N) is 1. The van der Waals surface area contributed by atoms with Gasteiger partial charge in [0.15, 0.2) is 11.6 Å². The van der Waals surface area contributed by atoms with Crippen molar-refractivity contribution in [2.24, 2.45) is 0 Å². The van der Waals surface area contributed by atoms with Crippen molar-refractivity contribution in [2.45, 2.75) is 0 Å². The number of anilines is 2. The Kier molecular flexibility index (Phi) is 6.26. The quantitative estimate of drug-likeness (QED) is 0.336. The molecule has 29 heavy (non-hydrogen) atoms. The van der Waals surface area contributed by atoms with Gasteiger partial charge < -0.3 is 25.3 Å². The van der Waals surface area contributed by atoms with E-state index in [-0.39, 0.29) is 46.9 Å². The average Bonchev–Trinajstić information content (AvgIpc) is 2.74. The van der Waals surface area contributed by atoms with Crippen molar-refractivity contribution in [1.29, 1.82) is 0 Å². The van der Waals surface area contributed by atoms with Crippen LogP contribution in [0.4, 0.5) is 11.4 Å². The molecule has 3 N–H and O–H groups in total. The van der Waals surface area contributed by atoms with Gasteiger partial charge >= 0.3 is 5.97 Å². The summed E-state index contributed by atoms with van der Waals surface area (Å²) in [5, 5.41) is 2.87. The van der Waals surface area contributed by atoms with E-state index in [4.69, 9.17) is 19.9 Å². The van der Waals surface area contributed by atoms with E-state index in [0.717, 1.165) is 0 Å². The minimum atomic E-state index is -0.698.